The summed E-state index contributed by atoms with van der Waals surface area (Å²) in [5.41, 5.74) is 0. The molecule has 1 N–H and O–H groups in total. The molecule has 0 aromatic carbocycles. The van der Waals surface area contributed by atoms with Gasteiger partial charge in [0.25, 0.3) is 0 Å². The second kappa shape index (κ2) is 4.74. The number of hydrogen-bond donors (Lipinski definition) is 1. The van der Waals surface area contributed by atoms with Crippen LogP contribution in [0.5, 0.6) is 0 Å². The van der Waals surface area contributed by atoms with E-state index in [-0.39, 0.29) is 30.0 Å². The van der Waals surface area contributed by atoms with E-state index in [9.17, 15) is 13.2 Å². The summed E-state index contributed by atoms with van der Waals surface area (Å²) in [5.74, 6) is 0.397. The first-order valence-corrected chi connectivity index (χ1v) is 9.09. The van der Waals surface area contributed by atoms with Crippen molar-refractivity contribution in [3.05, 3.63) is 0 Å². The van der Waals surface area contributed by atoms with Gasteiger partial charge in [-0.05, 0) is 38.5 Å². The number of sulfonamides is 1. The molecule has 6 heteroatoms. The van der Waals surface area contributed by atoms with Crippen LogP contribution in [-0.4, -0.2) is 43.0 Å². The lowest BCUT2D eigenvalue weighted by molar-refractivity contribution is -0.128. The molecule has 2 bridgehead atoms. The monoisotopic (exact) mass is 286 g/mol. The number of nitrogens with zero attached hydrogens (tertiary/aromatic N) is 1. The van der Waals surface area contributed by atoms with Crippen molar-refractivity contribution in [1.29, 1.82) is 0 Å². The lowest BCUT2D eigenvalue weighted by Crippen LogP contribution is -2.53. The van der Waals surface area contributed by atoms with Gasteiger partial charge < -0.3 is 5.32 Å². The van der Waals surface area contributed by atoms with E-state index in [4.69, 9.17) is 0 Å². The lowest BCUT2D eigenvalue weighted by atomic mass is 9.84. The third kappa shape index (κ3) is 2.52. The van der Waals surface area contributed by atoms with Crippen LogP contribution < -0.4 is 5.32 Å². The van der Waals surface area contributed by atoms with Crippen LogP contribution in [0.3, 0.4) is 0 Å². The third-order valence-electron chi connectivity index (χ3n) is 4.87. The number of amides is 1. The van der Waals surface area contributed by atoms with Crippen molar-refractivity contribution in [2.24, 2.45) is 5.92 Å². The Morgan fingerprint density at radius 2 is 1.68 bits per heavy atom. The van der Waals surface area contributed by atoms with Crippen LogP contribution in [0.15, 0.2) is 0 Å². The molecular formula is C13H22N2O3S. The van der Waals surface area contributed by atoms with E-state index >= 15 is 0 Å². The van der Waals surface area contributed by atoms with Crippen LogP contribution in [-0.2, 0) is 14.8 Å². The van der Waals surface area contributed by atoms with Gasteiger partial charge in [-0.15, -0.1) is 0 Å². The third-order valence-corrected chi connectivity index (χ3v) is 6.23. The average Bonchev–Trinajstić information content (AvgIpc) is 2.48. The van der Waals surface area contributed by atoms with Crippen LogP contribution in [0.4, 0.5) is 0 Å². The summed E-state index contributed by atoms with van der Waals surface area (Å²) in [6.07, 6.45) is 7.92. The minimum Gasteiger partial charge on any atom is -0.353 e. The minimum absolute atomic E-state index is 0.0976. The average molecular weight is 286 g/mol. The van der Waals surface area contributed by atoms with E-state index in [2.05, 4.69) is 5.32 Å². The fraction of sp³-hybridized carbons (Fsp3) is 0.923. The maximum Gasteiger partial charge on any atom is 0.223 e. The van der Waals surface area contributed by atoms with E-state index < -0.39 is 10.0 Å². The molecule has 1 saturated carbocycles. The van der Waals surface area contributed by atoms with Gasteiger partial charge >= 0.3 is 0 Å². The highest BCUT2D eigenvalue weighted by Crippen LogP contribution is 2.37. The van der Waals surface area contributed by atoms with Crippen molar-refractivity contribution in [2.75, 3.05) is 6.26 Å². The Bertz CT molecular complexity index is 458. The number of hydrogen-bond acceptors (Lipinski definition) is 3. The van der Waals surface area contributed by atoms with Gasteiger partial charge in [-0.1, -0.05) is 6.42 Å². The summed E-state index contributed by atoms with van der Waals surface area (Å²) in [5, 5.41) is 3.13. The number of fused-ring (bicyclic) bond motifs is 2. The number of nitrogens with one attached hydrogen (secondary N) is 1. The van der Waals surface area contributed by atoms with Gasteiger partial charge in [-0.2, -0.15) is 4.31 Å². The summed E-state index contributed by atoms with van der Waals surface area (Å²) in [4.78, 5) is 12.0. The van der Waals surface area contributed by atoms with Gasteiger partial charge in [0, 0.05) is 24.0 Å². The summed E-state index contributed by atoms with van der Waals surface area (Å²) in [6.45, 7) is 0. The van der Waals surface area contributed by atoms with Gasteiger partial charge in [-0.25, -0.2) is 8.42 Å². The number of carbonyl (C=O) groups excluding carboxylic acids is 1. The number of rotatable bonds is 3. The van der Waals surface area contributed by atoms with E-state index in [0.29, 0.717) is 0 Å². The molecule has 1 aliphatic carbocycles. The van der Waals surface area contributed by atoms with Crippen LogP contribution >= 0.6 is 0 Å². The van der Waals surface area contributed by atoms with Gasteiger partial charge in [-0.3, -0.25) is 4.79 Å². The molecule has 3 aliphatic rings. The van der Waals surface area contributed by atoms with Crippen molar-refractivity contribution in [1.82, 2.24) is 9.62 Å². The highest BCUT2D eigenvalue weighted by Gasteiger charge is 2.45. The fourth-order valence-electron chi connectivity index (χ4n) is 3.78. The Kier molecular flexibility index (Phi) is 3.33. The molecule has 3 fully saturated rings. The molecule has 108 valence electrons. The normalized spacial score (nSPS) is 35.9. The van der Waals surface area contributed by atoms with E-state index in [1.165, 1.54) is 6.26 Å². The minimum atomic E-state index is -3.10. The van der Waals surface area contributed by atoms with Crippen molar-refractivity contribution in [3.8, 4) is 0 Å². The molecule has 5 nitrogen and oxygen atoms in total. The van der Waals surface area contributed by atoms with Gasteiger partial charge in [0.2, 0.25) is 15.9 Å². The predicted molar refractivity (Wildman–Crippen MR) is 72.0 cm³/mol. The Morgan fingerprint density at radius 3 is 2.11 bits per heavy atom. The molecule has 19 heavy (non-hydrogen) atoms. The largest absolute Gasteiger partial charge is 0.353 e. The van der Waals surface area contributed by atoms with E-state index in [1.807, 2.05) is 0 Å². The Morgan fingerprint density at radius 1 is 1.11 bits per heavy atom. The molecule has 2 unspecified atom stereocenters. The SMILES string of the molecule is CS(=O)(=O)N1C2CCC1CC(NC(=O)C1CCC1)C2. The summed E-state index contributed by atoms with van der Waals surface area (Å²) in [7, 11) is -3.10. The molecule has 0 radical (unpaired) electrons. The number of carbonyl (C=O) groups is 1. The molecule has 2 heterocycles. The first-order chi connectivity index (χ1) is 8.95. The van der Waals surface area contributed by atoms with Gasteiger partial charge in [0.05, 0.1) is 6.26 Å². The second-order valence-electron chi connectivity index (χ2n) is 6.28. The van der Waals surface area contributed by atoms with Crippen LogP contribution in [0.1, 0.15) is 44.9 Å². The molecule has 1 amide bonds. The van der Waals surface area contributed by atoms with Crippen LogP contribution in [0.25, 0.3) is 0 Å². The van der Waals surface area contributed by atoms with Crippen molar-refractivity contribution in [3.63, 3.8) is 0 Å². The predicted octanol–water partition coefficient (Wildman–Crippen LogP) is 0.858. The van der Waals surface area contributed by atoms with Gasteiger partial charge in [0.15, 0.2) is 0 Å². The summed E-state index contributed by atoms with van der Waals surface area (Å²) in [6, 6.07) is 0.365. The van der Waals surface area contributed by atoms with E-state index in [0.717, 1.165) is 44.9 Å². The summed E-state index contributed by atoms with van der Waals surface area (Å²) < 4.78 is 25.2. The van der Waals surface area contributed by atoms with Crippen molar-refractivity contribution < 1.29 is 13.2 Å². The van der Waals surface area contributed by atoms with Crippen LogP contribution in [0, 0.1) is 5.92 Å². The molecule has 3 rings (SSSR count). The zero-order valence-electron chi connectivity index (χ0n) is 11.3. The maximum absolute atomic E-state index is 12.0. The zero-order chi connectivity index (χ0) is 13.6. The molecule has 2 saturated heterocycles. The molecule has 0 spiro atoms. The highest BCUT2D eigenvalue weighted by molar-refractivity contribution is 7.88. The standard InChI is InChI=1S/C13H22N2O3S/c1-19(17,18)15-11-5-6-12(15)8-10(7-11)14-13(16)9-3-2-4-9/h9-12H,2-8H2,1H3,(H,14,16). The van der Waals surface area contributed by atoms with Crippen molar-refractivity contribution >= 4 is 15.9 Å². The van der Waals surface area contributed by atoms with Crippen LogP contribution in [0.2, 0.25) is 0 Å². The zero-order valence-corrected chi connectivity index (χ0v) is 12.2. The quantitative estimate of drug-likeness (QED) is 0.836. The maximum atomic E-state index is 12.0. The van der Waals surface area contributed by atoms with E-state index in [1.54, 1.807) is 4.31 Å². The Labute approximate surface area is 114 Å². The molecular weight excluding hydrogens is 264 g/mol. The van der Waals surface area contributed by atoms with Crippen molar-refractivity contribution in [2.45, 2.75) is 63.1 Å². The van der Waals surface area contributed by atoms with Gasteiger partial charge in [0.1, 0.15) is 0 Å². The highest BCUT2D eigenvalue weighted by atomic mass is 32.2. The smallest absolute Gasteiger partial charge is 0.223 e. The summed E-state index contributed by atoms with van der Waals surface area (Å²) >= 11 is 0. The molecule has 0 aromatic rings. The lowest BCUT2D eigenvalue weighted by Gasteiger charge is -2.38. The molecule has 2 atom stereocenters. The molecule has 0 aromatic heterocycles. The Hall–Kier alpha value is -0.620. The second-order valence-corrected chi connectivity index (χ2v) is 8.17. The first-order valence-electron chi connectivity index (χ1n) is 7.24. The Balaban J connectivity index is 1.62. The fourth-order valence-corrected chi connectivity index (χ4v) is 5.25. The topological polar surface area (TPSA) is 66.5 Å². The number of piperidine rings is 1. The first kappa shape index (κ1) is 13.4. The molecule has 2 aliphatic heterocycles.